The molecule has 7 heteroatoms. The molecule has 3 aromatic rings. The predicted molar refractivity (Wildman–Crippen MR) is 110 cm³/mol. The normalized spacial score (nSPS) is 10.8. The Labute approximate surface area is 168 Å². The van der Waals surface area contributed by atoms with E-state index in [9.17, 15) is 14.0 Å². The number of ether oxygens (including phenoxy) is 1. The van der Waals surface area contributed by atoms with Crippen molar-refractivity contribution in [1.82, 2.24) is 10.3 Å². The highest BCUT2D eigenvalue weighted by atomic mass is 19.1. The average molecular weight is 395 g/mol. The van der Waals surface area contributed by atoms with Crippen LogP contribution < -0.4 is 15.0 Å². The Morgan fingerprint density at radius 3 is 2.45 bits per heavy atom. The molecule has 1 heterocycles. The highest BCUT2D eigenvalue weighted by Crippen LogP contribution is 2.23. The second kappa shape index (κ2) is 8.26. The third kappa shape index (κ3) is 4.68. The van der Waals surface area contributed by atoms with E-state index >= 15 is 0 Å². The molecule has 0 saturated heterocycles. The number of amides is 2. The third-order valence-corrected chi connectivity index (χ3v) is 4.27. The molecular formula is C22H22FN3O3. The van der Waals surface area contributed by atoms with E-state index in [4.69, 9.17) is 4.74 Å². The first-order valence-corrected chi connectivity index (χ1v) is 9.18. The molecular weight excluding hydrogens is 373 g/mol. The minimum Gasteiger partial charge on any atom is -0.423 e. The van der Waals surface area contributed by atoms with Crippen molar-refractivity contribution in [3.05, 3.63) is 65.6 Å². The lowest BCUT2D eigenvalue weighted by Gasteiger charge is -2.20. The molecule has 0 atom stereocenters. The molecule has 3 rings (SSSR count). The molecule has 29 heavy (non-hydrogen) atoms. The van der Waals surface area contributed by atoms with E-state index in [1.807, 2.05) is 13.8 Å². The quantitative estimate of drug-likeness (QED) is 0.523. The first-order chi connectivity index (χ1) is 13.7. The molecule has 0 radical (unpaired) electrons. The molecule has 150 valence electrons. The van der Waals surface area contributed by atoms with Crippen molar-refractivity contribution < 1.29 is 18.7 Å². The summed E-state index contributed by atoms with van der Waals surface area (Å²) in [6, 6.07) is 12.1. The number of esters is 1. The van der Waals surface area contributed by atoms with Gasteiger partial charge in [-0.05, 0) is 63.2 Å². The van der Waals surface area contributed by atoms with Crippen molar-refractivity contribution in [3.8, 4) is 5.75 Å². The average Bonchev–Trinajstić information content (AvgIpc) is 2.66. The van der Waals surface area contributed by atoms with Gasteiger partial charge < -0.3 is 10.1 Å². The van der Waals surface area contributed by atoms with E-state index in [1.54, 1.807) is 44.3 Å². The Balaban J connectivity index is 1.80. The summed E-state index contributed by atoms with van der Waals surface area (Å²) in [6.45, 7) is 5.49. The van der Waals surface area contributed by atoms with Gasteiger partial charge in [-0.3, -0.25) is 9.88 Å². The first-order valence-electron chi connectivity index (χ1n) is 9.18. The molecule has 1 aromatic heterocycles. The van der Waals surface area contributed by atoms with E-state index in [0.29, 0.717) is 33.6 Å². The molecule has 0 saturated carbocycles. The number of hydrogen-bond acceptors (Lipinski definition) is 4. The Kier molecular flexibility index (Phi) is 5.77. The molecule has 0 aliphatic heterocycles. The van der Waals surface area contributed by atoms with Gasteiger partial charge in [-0.15, -0.1) is 0 Å². The number of nitrogens with one attached hydrogen (secondary N) is 1. The van der Waals surface area contributed by atoms with Gasteiger partial charge in [-0.25, -0.2) is 14.0 Å². The van der Waals surface area contributed by atoms with Crippen molar-refractivity contribution in [2.24, 2.45) is 0 Å². The molecule has 0 aliphatic carbocycles. The molecule has 2 amide bonds. The van der Waals surface area contributed by atoms with Gasteiger partial charge >= 0.3 is 12.0 Å². The summed E-state index contributed by atoms with van der Waals surface area (Å²) >= 11 is 0. The van der Waals surface area contributed by atoms with Gasteiger partial charge in [0.2, 0.25) is 0 Å². The second-order valence-corrected chi connectivity index (χ2v) is 7.02. The van der Waals surface area contributed by atoms with Crippen molar-refractivity contribution >= 4 is 28.6 Å². The van der Waals surface area contributed by atoms with E-state index in [2.05, 4.69) is 10.3 Å². The Morgan fingerprint density at radius 1 is 1.10 bits per heavy atom. The van der Waals surface area contributed by atoms with Crippen LogP contribution in [0.3, 0.4) is 0 Å². The van der Waals surface area contributed by atoms with Crippen molar-refractivity contribution in [1.29, 1.82) is 0 Å². The van der Waals surface area contributed by atoms with E-state index in [0.717, 1.165) is 0 Å². The fourth-order valence-corrected chi connectivity index (χ4v) is 2.86. The number of fused-ring (bicyclic) bond motifs is 1. The summed E-state index contributed by atoms with van der Waals surface area (Å²) in [4.78, 5) is 30.5. The van der Waals surface area contributed by atoms with Gasteiger partial charge in [0.15, 0.2) is 0 Å². The molecule has 0 aliphatic rings. The van der Waals surface area contributed by atoms with E-state index in [1.165, 1.54) is 23.1 Å². The van der Waals surface area contributed by atoms with Crippen LogP contribution in [-0.2, 0) is 0 Å². The number of hydrogen-bond donors (Lipinski definition) is 1. The number of carbonyl (C=O) groups is 2. The number of urea groups is 1. The van der Waals surface area contributed by atoms with Gasteiger partial charge in [-0.2, -0.15) is 0 Å². The first kappa shape index (κ1) is 20.3. The Hall–Kier alpha value is -3.48. The maximum absolute atomic E-state index is 13.5. The zero-order valence-corrected chi connectivity index (χ0v) is 16.7. The zero-order chi connectivity index (χ0) is 21.1. The lowest BCUT2D eigenvalue weighted by atomic mass is 10.1. The monoisotopic (exact) mass is 395 g/mol. The number of aryl methyl sites for hydroxylation is 1. The highest BCUT2D eigenvalue weighted by Gasteiger charge is 2.16. The Bertz CT molecular complexity index is 1060. The topological polar surface area (TPSA) is 71.5 Å². The molecule has 0 fully saturated rings. The summed E-state index contributed by atoms with van der Waals surface area (Å²) in [7, 11) is 1.66. The minimum atomic E-state index is -0.564. The number of pyridine rings is 1. The number of aromatic nitrogens is 1. The summed E-state index contributed by atoms with van der Waals surface area (Å²) in [5.74, 6) is -0.650. The third-order valence-electron chi connectivity index (χ3n) is 4.27. The van der Waals surface area contributed by atoms with Gasteiger partial charge in [0.05, 0.1) is 11.1 Å². The predicted octanol–water partition coefficient (Wildman–Crippen LogP) is 4.46. The van der Waals surface area contributed by atoms with Gasteiger partial charge in [-0.1, -0.05) is 0 Å². The molecule has 1 N–H and O–H groups in total. The van der Waals surface area contributed by atoms with Crippen LogP contribution in [0, 0.1) is 12.7 Å². The fourth-order valence-electron chi connectivity index (χ4n) is 2.86. The molecule has 0 bridgehead atoms. The van der Waals surface area contributed by atoms with Gasteiger partial charge in [0, 0.05) is 35.9 Å². The summed E-state index contributed by atoms with van der Waals surface area (Å²) in [6.07, 6.45) is 0. The zero-order valence-electron chi connectivity index (χ0n) is 16.7. The van der Waals surface area contributed by atoms with E-state index in [-0.39, 0.29) is 12.1 Å². The maximum Gasteiger partial charge on any atom is 0.344 e. The van der Waals surface area contributed by atoms with Crippen molar-refractivity contribution in [2.75, 3.05) is 11.9 Å². The number of benzene rings is 2. The van der Waals surface area contributed by atoms with Crippen LogP contribution in [0.2, 0.25) is 0 Å². The SMILES string of the molecule is Cc1cc(C(=O)Oc2ccc(N(C)C(=O)NC(C)C)cc2)c2ccc(F)cc2n1. The standard InChI is InChI=1S/C22H22FN3O3/c1-13(2)24-22(28)26(4)16-6-8-17(9-7-16)29-21(27)19-11-14(3)25-20-12-15(23)5-10-18(19)20/h5-13H,1-4H3,(H,24,28). The van der Waals surface area contributed by atoms with Crippen LogP contribution in [0.25, 0.3) is 10.9 Å². The molecule has 2 aromatic carbocycles. The number of nitrogens with zero attached hydrogens (tertiary/aromatic N) is 2. The van der Waals surface area contributed by atoms with Crippen molar-refractivity contribution in [2.45, 2.75) is 26.8 Å². The number of anilines is 1. The second-order valence-electron chi connectivity index (χ2n) is 7.02. The van der Waals surface area contributed by atoms with Crippen LogP contribution in [-0.4, -0.2) is 30.1 Å². The van der Waals surface area contributed by atoms with Gasteiger partial charge in [0.1, 0.15) is 11.6 Å². The van der Waals surface area contributed by atoms with Crippen LogP contribution in [0.5, 0.6) is 5.75 Å². The van der Waals surface area contributed by atoms with Crippen LogP contribution in [0.4, 0.5) is 14.9 Å². The largest absolute Gasteiger partial charge is 0.423 e. The highest BCUT2D eigenvalue weighted by molar-refractivity contribution is 6.04. The lowest BCUT2D eigenvalue weighted by Crippen LogP contribution is -2.40. The number of rotatable bonds is 4. The number of carbonyl (C=O) groups excluding carboxylic acids is 2. The summed E-state index contributed by atoms with van der Waals surface area (Å²) in [5.41, 5.74) is 1.95. The fraction of sp³-hybridized carbons (Fsp3) is 0.227. The van der Waals surface area contributed by atoms with Crippen LogP contribution in [0.15, 0.2) is 48.5 Å². The van der Waals surface area contributed by atoms with Crippen molar-refractivity contribution in [3.63, 3.8) is 0 Å². The van der Waals surface area contributed by atoms with E-state index < -0.39 is 11.8 Å². The van der Waals surface area contributed by atoms with Crippen LogP contribution >= 0.6 is 0 Å². The maximum atomic E-state index is 13.5. The van der Waals surface area contributed by atoms with Gasteiger partial charge in [0.25, 0.3) is 0 Å². The number of halogens is 1. The summed E-state index contributed by atoms with van der Waals surface area (Å²) in [5, 5.41) is 3.32. The molecule has 6 nitrogen and oxygen atoms in total. The lowest BCUT2D eigenvalue weighted by molar-refractivity contribution is 0.0736. The Morgan fingerprint density at radius 2 is 1.79 bits per heavy atom. The van der Waals surface area contributed by atoms with Crippen LogP contribution in [0.1, 0.15) is 29.9 Å². The summed E-state index contributed by atoms with van der Waals surface area (Å²) < 4.78 is 19.0. The smallest absolute Gasteiger partial charge is 0.344 e. The molecule has 0 spiro atoms. The minimum absolute atomic E-state index is 0.0253. The molecule has 0 unspecified atom stereocenters.